The van der Waals surface area contributed by atoms with Gasteiger partial charge in [0, 0.05) is 24.5 Å². The average Bonchev–Trinajstić information content (AvgIpc) is 2.44. The first-order valence-electron chi connectivity index (χ1n) is 6.93. The minimum absolute atomic E-state index is 0.452. The van der Waals surface area contributed by atoms with Gasteiger partial charge < -0.3 is 10.1 Å². The van der Waals surface area contributed by atoms with Gasteiger partial charge in [-0.3, -0.25) is 4.98 Å². The number of ether oxygens (including phenoxy) is 1. The molecule has 0 radical (unpaired) electrons. The molecular formula is C17H22N2O. The molecule has 0 amide bonds. The van der Waals surface area contributed by atoms with E-state index in [0.717, 1.165) is 18.0 Å². The Kier molecular flexibility index (Phi) is 4.74. The van der Waals surface area contributed by atoms with Gasteiger partial charge >= 0.3 is 0 Å². The Hall–Kier alpha value is -1.87. The molecule has 0 spiro atoms. The zero-order valence-corrected chi connectivity index (χ0v) is 12.6. The number of nitrogens with zero attached hydrogens (tertiary/aromatic N) is 1. The van der Waals surface area contributed by atoms with Gasteiger partial charge in [-0.1, -0.05) is 19.9 Å². The third-order valence-corrected chi connectivity index (χ3v) is 3.22. The van der Waals surface area contributed by atoms with E-state index in [1.165, 1.54) is 16.7 Å². The summed E-state index contributed by atoms with van der Waals surface area (Å²) in [5.74, 6) is 0.889. The number of pyridine rings is 1. The predicted molar refractivity (Wildman–Crippen MR) is 82.9 cm³/mol. The van der Waals surface area contributed by atoms with Crippen molar-refractivity contribution in [2.75, 3.05) is 7.11 Å². The Balaban J connectivity index is 2.40. The molecule has 0 unspecified atom stereocenters. The molecule has 2 rings (SSSR count). The highest BCUT2D eigenvalue weighted by Crippen LogP contribution is 2.27. The third kappa shape index (κ3) is 3.58. The number of nitrogens with one attached hydrogen (secondary N) is 1. The molecule has 3 nitrogen and oxygen atoms in total. The number of aryl methyl sites for hydroxylation is 1. The molecule has 1 aromatic heterocycles. The third-order valence-electron chi connectivity index (χ3n) is 3.22. The molecule has 0 saturated carbocycles. The zero-order valence-electron chi connectivity index (χ0n) is 12.6. The fourth-order valence-electron chi connectivity index (χ4n) is 2.15. The molecule has 2 aromatic rings. The number of hydrogen-bond acceptors (Lipinski definition) is 3. The normalized spacial score (nSPS) is 10.8. The van der Waals surface area contributed by atoms with Crippen LogP contribution in [0.25, 0.3) is 11.1 Å². The van der Waals surface area contributed by atoms with Crippen molar-refractivity contribution in [3.05, 3.63) is 47.8 Å². The largest absolute Gasteiger partial charge is 0.497 e. The molecule has 0 aliphatic carbocycles. The zero-order chi connectivity index (χ0) is 14.5. The van der Waals surface area contributed by atoms with Crippen molar-refractivity contribution in [3.63, 3.8) is 0 Å². The van der Waals surface area contributed by atoms with E-state index < -0.39 is 0 Å². The van der Waals surface area contributed by atoms with Crippen molar-refractivity contribution in [1.29, 1.82) is 0 Å². The predicted octanol–water partition coefficient (Wildman–Crippen LogP) is 3.56. The van der Waals surface area contributed by atoms with E-state index in [-0.39, 0.29) is 0 Å². The lowest BCUT2D eigenvalue weighted by molar-refractivity contribution is 0.414. The van der Waals surface area contributed by atoms with Crippen LogP contribution in [-0.4, -0.2) is 18.1 Å². The number of aromatic nitrogens is 1. The van der Waals surface area contributed by atoms with Crippen LogP contribution in [0.1, 0.15) is 25.1 Å². The van der Waals surface area contributed by atoms with Gasteiger partial charge in [-0.05, 0) is 47.9 Å². The van der Waals surface area contributed by atoms with Gasteiger partial charge in [0.2, 0.25) is 0 Å². The smallest absolute Gasteiger partial charge is 0.119 e. The van der Waals surface area contributed by atoms with Crippen molar-refractivity contribution in [1.82, 2.24) is 10.3 Å². The van der Waals surface area contributed by atoms with Gasteiger partial charge in [0.05, 0.1) is 7.11 Å². The molecule has 1 N–H and O–H groups in total. The van der Waals surface area contributed by atoms with Crippen LogP contribution in [0.2, 0.25) is 0 Å². The second-order valence-electron chi connectivity index (χ2n) is 5.24. The average molecular weight is 270 g/mol. The number of benzene rings is 1. The maximum atomic E-state index is 5.34. The summed E-state index contributed by atoms with van der Waals surface area (Å²) in [5.41, 5.74) is 4.69. The van der Waals surface area contributed by atoms with Crippen molar-refractivity contribution in [2.24, 2.45) is 0 Å². The number of methoxy groups -OCH3 is 1. The van der Waals surface area contributed by atoms with E-state index in [2.05, 4.69) is 42.3 Å². The molecular weight excluding hydrogens is 248 g/mol. The van der Waals surface area contributed by atoms with Crippen molar-refractivity contribution >= 4 is 0 Å². The van der Waals surface area contributed by atoms with Gasteiger partial charge in [-0.25, -0.2) is 0 Å². The maximum absolute atomic E-state index is 5.34. The summed E-state index contributed by atoms with van der Waals surface area (Å²) >= 11 is 0. The first kappa shape index (κ1) is 14.5. The Morgan fingerprint density at radius 1 is 1.20 bits per heavy atom. The van der Waals surface area contributed by atoms with Crippen LogP contribution >= 0.6 is 0 Å². The maximum Gasteiger partial charge on any atom is 0.119 e. The van der Waals surface area contributed by atoms with E-state index in [1.54, 1.807) is 7.11 Å². The van der Waals surface area contributed by atoms with Gasteiger partial charge in [-0.15, -0.1) is 0 Å². The van der Waals surface area contributed by atoms with Gasteiger partial charge in [0.25, 0.3) is 0 Å². The summed E-state index contributed by atoms with van der Waals surface area (Å²) in [5, 5.41) is 3.47. The topological polar surface area (TPSA) is 34.1 Å². The Labute approximate surface area is 121 Å². The second-order valence-corrected chi connectivity index (χ2v) is 5.24. The SMILES string of the molecule is COc1ccc(-c2ccnc(C)c2)c(CNC(C)C)c1. The highest BCUT2D eigenvalue weighted by atomic mass is 16.5. The van der Waals surface area contributed by atoms with Crippen molar-refractivity contribution in [2.45, 2.75) is 33.4 Å². The monoisotopic (exact) mass is 270 g/mol. The lowest BCUT2D eigenvalue weighted by Gasteiger charge is -2.14. The van der Waals surface area contributed by atoms with Gasteiger partial charge in [-0.2, -0.15) is 0 Å². The molecule has 0 aliphatic heterocycles. The minimum Gasteiger partial charge on any atom is -0.497 e. The van der Waals surface area contributed by atoms with Crippen LogP contribution in [0.5, 0.6) is 5.75 Å². The molecule has 0 saturated heterocycles. The fourth-order valence-corrected chi connectivity index (χ4v) is 2.15. The molecule has 0 aliphatic rings. The molecule has 20 heavy (non-hydrogen) atoms. The lowest BCUT2D eigenvalue weighted by atomic mass is 9.99. The molecule has 1 heterocycles. The summed E-state index contributed by atoms with van der Waals surface area (Å²) in [6, 6.07) is 10.8. The summed E-state index contributed by atoms with van der Waals surface area (Å²) in [6.45, 7) is 7.14. The lowest BCUT2D eigenvalue weighted by Crippen LogP contribution is -2.22. The van der Waals surface area contributed by atoms with Crippen LogP contribution in [0, 0.1) is 6.92 Å². The number of hydrogen-bond donors (Lipinski definition) is 1. The summed E-state index contributed by atoms with van der Waals surface area (Å²) < 4.78 is 5.34. The van der Waals surface area contributed by atoms with Crippen LogP contribution in [0.15, 0.2) is 36.5 Å². The summed E-state index contributed by atoms with van der Waals surface area (Å²) in [6.07, 6.45) is 1.86. The second kappa shape index (κ2) is 6.53. The molecule has 0 bridgehead atoms. The van der Waals surface area contributed by atoms with Crippen LogP contribution in [0.3, 0.4) is 0 Å². The van der Waals surface area contributed by atoms with Crippen LogP contribution in [0.4, 0.5) is 0 Å². The molecule has 0 fully saturated rings. The van der Waals surface area contributed by atoms with E-state index >= 15 is 0 Å². The quantitative estimate of drug-likeness (QED) is 0.902. The van der Waals surface area contributed by atoms with E-state index in [0.29, 0.717) is 6.04 Å². The first-order valence-corrected chi connectivity index (χ1v) is 6.93. The Morgan fingerprint density at radius 2 is 2.00 bits per heavy atom. The Bertz CT molecular complexity index is 579. The fraction of sp³-hybridized carbons (Fsp3) is 0.353. The molecule has 1 aromatic carbocycles. The Morgan fingerprint density at radius 3 is 2.65 bits per heavy atom. The highest BCUT2D eigenvalue weighted by Gasteiger charge is 2.08. The van der Waals surface area contributed by atoms with Gasteiger partial charge in [0.15, 0.2) is 0 Å². The summed E-state index contributed by atoms with van der Waals surface area (Å²) in [7, 11) is 1.70. The van der Waals surface area contributed by atoms with Crippen molar-refractivity contribution < 1.29 is 4.74 Å². The van der Waals surface area contributed by atoms with Crippen LogP contribution < -0.4 is 10.1 Å². The van der Waals surface area contributed by atoms with Crippen LogP contribution in [-0.2, 0) is 6.54 Å². The van der Waals surface area contributed by atoms with E-state index in [9.17, 15) is 0 Å². The molecule has 3 heteroatoms. The standard InChI is InChI=1S/C17H22N2O/c1-12(2)19-11-15-10-16(20-4)5-6-17(15)14-7-8-18-13(3)9-14/h5-10,12,19H,11H2,1-4H3. The molecule has 106 valence electrons. The van der Waals surface area contributed by atoms with Gasteiger partial charge in [0.1, 0.15) is 5.75 Å². The number of rotatable bonds is 5. The summed E-state index contributed by atoms with van der Waals surface area (Å²) in [4.78, 5) is 4.26. The minimum atomic E-state index is 0.452. The highest BCUT2D eigenvalue weighted by molar-refractivity contribution is 5.68. The van der Waals surface area contributed by atoms with E-state index in [4.69, 9.17) is 4.74 Å². The van der Waals surface area contributed by atoms with E-state index in [1.807, 2.05) is 25.3 Å². The first-order chi connectivity index (χ1) is 9.60. The van der Waals surface area contributed by atoms with Crippen molar-refractivity contribution in [3.8, 4) is 16.9 Å². The molecule has 0 atom stereocenters.